The van der Waals surface area contributed by atoms with E-state index < -0.39 is 0 Å². The van der Waals surface area contributed by atoms with Gasteiger partial charge < -0.3 is 10.3 Å². The Morgan fingerprint density at radius 3 is 2.71 bits per heavy atom. The zero-order valence-corrected chi connectivity index (χ0v) is 13.5. The Morgan fingerprint density at radius 1 is 1.33 bits per heavy atom. The normalized spacial score (nSPS) is 16.8. The van der Waals surface area contributed by atoms with Gasteiger partial charge in [-0.25, -0.2) is 4.98 Å². The molecule has 2 aromatic rings. The summed E-state index contributed by atoms with van der Waals surface area (Å²) >= 11 is 0. The Kier molecular flexibility index (Phi) is 4.03. The van der Waals surface area contributed by atoms with Gasteiger partial charge in [-0.15, -0.1) is 0 Å². The topological polar surface area (TPSA) is 43.8 Å². The van der Waals surface area contributed by atoms with Crippen molar-refractivity contribution in [1.29, 1.82) is 0 Å². The van der Waals surface area contributed by atoms with E-state index in [4.69, 9.17) is 10.7 Å². The van der Waals surface area contributed by atoms with Crippen LogP contribution < -0.4 is 5.73 Å². The third-order valence-electron chi connectivity index (χ3n) is 4.44. The molecular formula is C18H27N3. The van der Waals surface area contributed by atoms with Gasteiger partial charge >= 0.3 is 0 Å². The van der Waals surface area contributed by atoms with Gasteiger partial charge in [0.1, 0.15) is 5.82 Å². The predicted molar refractivity (Wildman–Crippen MR) is 88.4 cm³/mol. The number of nitrogens with zero attached hydrogens (tertiary/aromatic N) is 2. The van der Waals surface area contributed by atoms with Crippen LogP contribution in [0.3, 0.4) is 0 Å². The highest BCUT2D eigenvalue weighted by Gasteiger charge is 2.28. The number of hydrogen-bond acceptors (Lipinski definition) is 2. The van der Waals surface area contributed by atoms with Gasteiger partial charge in [-0.3, -0.25) is 0 Å². The summed E-state index contributed by atoms with van der Waals surface area (Å²) in [5, 5.41) is 0. The predicted octanol–water partition coefficient (Wildman–Crippen LogP) is 3.84. The van der Waals surface area contributed by atoms with Crippen molar-refractivity contribution in [2.24, 2.45) is 17.6 Å². The summed E-state index contributed by atoms with van der Waals surface area (Å²) in [4.78, 5) is 4.94. The smallest absolute Gasteiger partial charge is 0.110 e. The zero-order valence-electron chi connectivity index (χ0n) is 13.5. The maximum absolute atomic E-state index is 5.99. The standard InChI is InChI=1S/C18H27N3/c1-12(2)8-14(11-19)10-18-20-16-9-13(3)4-7-17(16)21(18)15-5-6-15/h4,7,9,12,14-15H,5-6,8,10-11,19H2,1-3H3. The summed E-state index contributed by atoms with van der Waals surface area (Å²) in [6.07, 6.45) is 4.79. The maximum Gasteiger partial charge on any atom is 0.110 e. The van der Waals surface area contributed by atoms with Gasteiger partial charge in [0.05, 0.1) is 11.0 Å². The third kappa shape index (κ3) is 3.13. The molecule has 1 atom stereocenters. The van der Waals surface area contributed by atoms with Crippen molar-refractivity contribution < 1.29 is 0 Å². The van der Waals surface area contributed by atoms with Crippen LogP contribution >= 0.6 is 0 Å². The lowest BCUT2D eigenvalue weighted by atomic mass is 9.94. The summed E-state index contributed by atoms with van der Waals surface area (Å²) in [5.41, 5.74) is 9.73. The molecule has 1 heterocycles. The number of benzene rings is 1. The summed E-state index contributed by atoms with van der Waals surface area (Å²) < 4.78 is 2.48. The first-order valence-electron chi connectivity index (χ1n) is 8.26. The fraction of sp³-hybridized carbons (Fsp3) is 0.611. The molecule has 3 heteroatoms. The molecule has 1 fully saturated rings. The summed E-state index contributed by atoms with van der Waals surface area (Å²) in [6, 6.07) is 7.31. The number of aromatic nitrogens is 2. The second-order valence-corrected chi connectivity index (χ2v) is 7.06. The van der Waals surface area contributed by atoms with Crippen LogP contribution in [-0.4, -0.2) is 16.1 Å². The highest BCUT2D eigenvalue weighted by molar-refractivity contribution is 5.77. The lowest BCUT2D eigenvalue weighted by Crippen LogP contribution is -2.20. The molecule has 0 amide bonds. The number of nitrogens with two attached hydrogens (primary N) is 1. The van der Waals surface area contributed by atoms with Gasteiger partial charge in [0.25, 0.3) is 0 Å². The quantitative estimate of drug-likeness (QED) is 0.876. The van der Waals surface area contributed by atoms with Crippen molar-refractivity contribution in [3.63, 3.8) is 0 Å². The molecule has 1 aromatic heterocycles. The minimum atomic E-state index is 0.542. The van der Waals surface area contributed by atoms with E-state index in [1.54, 1.807) is 0 Å². The Balaban J connectivity index is 1.95. The second kappa shape index (κ2) is 5.80. The van der Waals surface area contributed by atoms with E-state index in [2.05, 4.69) is 43.5 Å². The third-order valence-corrected chi connectivity index (χ3v) is 4.44. The van der Waals surface area contributed by atoms with Crippen LogP contribution in [0, 0.1) is 18.8 Å². The molecule has 1 saturated carbocycles. The van der Waals surface area contributed by atoms with Gasteiger partial charge in [-0.05, 0) is 62.3 Å². The summed E-state index contributed by atoms with van der Waals surface area (Å²) in [6.45, 7) is 7.44. The highest BCUT2D eigenvalue weighted by atomic mass is 15.1. The number of aryl methyl sites for hydroxylation is 1. The van der Waals surface area contributed by atoms with Gasteiger partial charge in [-0.2, -0.15) is 0 Å². The zero-order chi connectivity index (χ0) is 15.0. The minimum absolute atomic E-state index is 0.542. The summed E-state index contributed by atoms with van der Waals surface area (Å²) in [5.74, 6) is 2.48. The molecule has 3 nitrogen and oxygen atoms in total. The van der Waals surface area contributed by atoms with E-state index >= 15 is 0 Å². The molecule has 3 rings (SSSR count). The van der Waals surface area contributed by atoms with E-state index in [1.165, 1.54) is 36.2 Å². The number of imidazole rings is 1. The molecule has 0 aliphatic heterocycles. The Labute approximate surface area is 127 Å². The largest absolute Gasteiger partial charge is 0.330 e. The van der Waals surface area contributed by atoms with Gasteiger partial charge in [0, 0.05) is 12.5 Å². The molecular weight excluding hydrogens is 258 g/mol. The minimum Gasteiger partial charge on any atom is -0.330 e. The molecule has 2 N–H and O–H groups in total. The Morgan fingerprint density at radius 2 is 2.10 bits per heavy atom. The second-order valence-electron chi connectivity index (χ2n) is 7.06. The lowest BCUT2D eigenvalue weighted by Gasteiger charge is -2.17. The van der Waals surface area contributed by atoms with Crippen molar-refractivity contribution in [1.82, 2.24) is 9.55 Å². The molecule has 1 unspecified atom stereocenters. The molecule has 21 heavy (non-hydrogen) atoms. The van der Waals surface area contributed by atoms with Crippen LogP contribution in [0.2, 0.25) is 0 Å². The van der Waals surface area contributed by atoms with Crippen molar-refractivity contribution in [3.05, 3.63) is 29.6 Å². The average Bonchev–Trinajstić information content (AvgIpc) is 3.19. The van der Waals surface area contributed by atoms with Crippen LogP contribution in [-0.2, 0) is 6.42 Å². The fourth-order valence-electron chi connectivity index (χ4n) is 3.33. The fourth-order valence-corrected chi connectivity index (χ4v) is 3.33. The van der Waals surface area contributed by atoms with E-state index in [0.29, 0.717) is 17.9 Å². The van der Waals surface area contributed by atoms with Crippen molar-refractivity contribution in [3.8, 4) is 0 Å². The number of fused-ring (bicyclic) bond motifs is 1. The van der Waals surface area contributed by atoms with Gasteiger partial charge in [0.2, 0.25) is 0 Å². The van der Waals surface area contributed by atoms with Crippen LogP contribution in [0.4, 0.5) is 0 Å². The molecule has 1 aliphatic rings. The first kappa shape index (κ1) is 14.6. The van der Waals surface area contributed by atoms with Crippen LogP contribution in [0.5, 0.6) is 0 Å². The molecule has 0 saturated heterocycles. The lowest BCUT2D eigenvalue weighted by molar-refractivity contribution is 0.403. The summed E-state index contributed by atoms with van der Waals surface area (Å²) in [7, 11) is 0. The van der Waals surface area contributed by atoms with Crippen LogP contribution in [0.1, 0.15) is 50.5 Å². The van der Waals surface area contributed by atoms with E-state index in [9.17, 15) is 0 Å². The molecule has 1 aromatic carbocycles. The van der Waals surface area contributed by atoms with Crippen LogP contribution in [0.25, 0.3) is 11.0 Å². The van der Waals surface area contributed by atoms with Crippen molar-refractivity contribution >= 4 is 11.0 Å². The van der Waals surface area contributed by atoms with E-state index in [1.807, 2.05) is 0 Å². The molecule has 0 bridgehead atoms. The molecule has 114 valence electrons. The highest BCUT2D eigenvalue weighted by Crippen LogP contribution is 2.39. The average molecular weight is 285 g/mol. The van der Waals surface area contributed by atoms with Crippen LogP contribution in [0.15, 0.2) is 18.2 Å². The Bertz CT molecular complexity index is 623. The molecule has 0 radical (unpaired) electrons. The van der Waals surface area contributed by atoms with E-state index in [-0.39, 0.29) is 0 Å². The van der Waals surface area contributed by atoms with Gasteiger partial charge in [-0.1, -0.05) is 19.9 Å². The first-order valence-corrected chi connectivity index (χ1v) is 8.26. The maximum atomic E-state index is 5.99. The SMILES string of the molecule is Cc1ccc2c(c1)nc(CC(CN)CC(C)C)n2C1CC1. The van der Waals surface area contributed by atoms with Gasteiger partial charge in [0.15, 0.2) is 0 Å². The monoisotopic (exact) mass is 285 g/mol. The number of hydrogen-bond donors (Lipinski definition) is 1. The molecule has 1 aliphatic carbocycles. The van der Waals surface area contributed by atoms with Crippen molar-refractivity contribution in [2.75, 3.05) is 6.54 Å². The first-order chi connectivity index (χ1) is 10.1. The molecule has 0 spiro atoms. The van der Waals surface area contributed by atoms with E-state index in [0.717, 1.165) is 18.5 Å². The van der Waals surface area contributed by atoms with Crippen molar-refractivity contribution in [2.45, 2.75) is 52.5 Å². The number of rotatable bonds is 6. The Hall–Kier alpha value is -1.35.